The highest BCUT2D eigenvalue weighted by Gasteiger charge is 2.23. The fraction of sp³-hybridized carbons (Fsp3) is 0.111. The second-order valence-electron chi connectivity index (χ2n) is 7.39. The van der Waals surface area contributed by atoms with E-state index in [-0.39, 0.29) is 0 Å². The zero-order chi connectivity index (χ0) is 18.2. The highest BCUT2D eigenvalue weighted by Crippen LogP contribution is 2.43. The summed E-state index contributed by atoms with van der Waals surface area (Å²) in [7, 11) is 0. The van der Waals surface area contributed by atoms with Gasteiger partial charge < -0.3 is 0 Å². The third-order valence-corrected chi connectivity index (χ3v) is 5.85. The van der Waals surface area contributed by atoms with Crippen molar-refractivity contribution < 1.29 is 0 Å². The molecule has 27 heavy (non-hydrogen) atoms. The maximum atomic E-state index is 2.28. The van der Waals surface area contributed by atoms with Gasteiger partial charge in [-0.15, -0.1) is 0 Å². The van der Waals surface area contributed by atoms with E-state index in [0.717, 1.165) is 6.42 Å². The molecule has 0 aliphatic heterocycles. The third kappa shape index (κ3) is 2.69. The van der Waals surface area contributed by atoms with Gasteiger partial charge in [0.05, 0.1) is 0 Å². The van der Waals surface area contributed by atoms with E-state index >= 15 is 0 Å². The van der Waals surface area contributed by atoms with Crippen LogP contribution in [0.25, 0.3) is 22.3 Å². The summed E-state index contributed by atoms with van der Waals surface area (Å²) in [6, 6.07) is 34.7. The van der Waals surface area contributed by atoms with E-state index in [4.69, 9.17) is 0 Å². The Kier molecular flexibility index (Phi) is 3.90. The number of benzene rings is 4. The molecule has 0 atom stereocenters. The summed E-state index contributed by atoms with van der Waals surface area (Å²) in [5.74, 6) is 0.558. The zero-order valence-electron chi connectivity index (χ0n) is 15.5. The van der Waals surface area contributed by atoms with Gasteiger partial charge in [-0.1, -0.05) is 104 Å². The molecule has 4 aromatic carbocycles. The second-order valence-corrected chi connectivity index (χ2v) is 7.39. The van der Waals surface area contributed by atoms with E-state index in [1.165, 1.54) is 44.5 Å². The summed E-state index contributed by atoms with van der Waals surface area (Å²) in [5, 5.41) is 0. The molecule has 0 unspecified atom stereocenters. The second kappa shape index (κ2) is 6.55. The Morgan fingerprint density at radius 3 is 1.33 bits per heavy atom. The molecule has 0 nitrogen and oxygen atoms in total. The van der Waals surface area contributed by atoms with Crippen LogP contribution in [0.2, 0.25) is 0 Å². The van der Waals surface area contributed by atoms with Crippen molar-refractivity contribution in [3.63, 3.8) is 0 Å². The van der Waals surface area contributed by atoms with E-state index < -0.39 is 0 Å². The normalized spacial score (nSPS) is 13.1. The van der Waals surface area contributed by atoms with Crippen molar-refractivity contribution in [2.24, 2.45) is 0 Å². The lowest BCUT2D eigenvalue weighted by atomic mass is 10.00. The first-order valence-electron chi connectivity index (χ1n) is 9.67. The Morgan fingerprint density at radius 1 is 0.481 bits per heavy atom. The molecule has 0 fully saturated rings. The van der Waals surface area contributed by atoms with Crippen molar-refractivity contribution in [1.82, 2.24) is 0 Å². The van der Waals surface area contributed by atoms with Crippen molar-refractivity contribution in [3.05, 3.63) is 119 Å². The van der Waals surface area contributed by atoms with E-state index in [0.29, 0.717) is 5.92 Å². The average Bonchev–Trinajstić information content (AvgIpc) is 3.25. The van der Waals surface area contributed by atoms with Gasteiger partial charge in [-0.05, 0) is 50.9 Å². The molecule has 0 heterocycles. The number of fused-ring (bicyclic) bond motifs is 6. The predicted octanol–water partition coefficient (Wildman–Crippen LogP) is 7.08. The van der Waals surface area contributed by atoms with Gasteiger partial charge in [0.15, 0.2) is 0 Å². The molecule has 4 aromatic rings. The lowest BCUT2D eigenvalue weighted by Gasteiger charge is -2.04. The van der Waals surface area contributed by atoms with Gasteiger partial charge in [0, 0.05) is 5.92 Å². The van der Waals surface area contributed by atoms with Gasteiger partial charge in [-0.25, -0.2) is 0 Å². The van der Waals surface area contributed by atoms with E-state index in [9.17, 15) is 0 Å². The zero-order valence-corrected chi connectivity index (χ0v) is 15.5. The topological polar surface area (TPSA) is 0 Å². The fourth-order valence-corrected chi connectivity index (χ4v) is 4.49. The van der Waals surface area contributed by atoms with E-state index in [1.807, 2.05) is 0 Å². The quantitative estimate of drug-likeness (QED) is 0.281. The Balaban J connectivity index is 0.000000119. The molecule has 130 valence electrons. The van der Waals surface area contributed by atoms with Gasteiger partial charge in [0.25, 0.3) is 0 Å². The van der Waals surface area contributed by atoms with Crippen LogP contribution in [0.4, 0.5) is 0 Å². The van der Waals surface area contributed by atoms with Gasteiger partial charge >= 0.3 is 0 Å². The minimum Gasteiger partial charge on any atom is -0.0619 e. The lowest BCUT2D eigenvalue weighted by Crippen LogP contribution is -1.87. The average molecular weight is 346 g/mol. The van der Waals surface area contributed by atoms with Gasteiger partial charge in [0.2, 0.25) is 0 Å². The molecule has 0 aromatic heterocycles. The Labute approximate surface area is 161 Å². The first-order chi connectivity index (χ1) is 13.3. The molecule has 0 N–H and O–H groups in total. The summed E-state index contributed by atoms with van der Waals surface area (Å²) < 4.78 is 0. The molecular formula is C27H22. The van der Waals surface area contributed by atoms with Crippen molar-refractivity contribution >= 4 is 0 Å². The molecule has 0 saturated heterocycles. The maximum absolute atomic E-state index is 2.28. The van der Waals surface area contributed by atoms with Crippen molar-refractivity contribution in [3.8, 4) is 22.3 Å². The fourth-order valence-electron chi connectivity index (χ4n) is 4.49. The SMILES string of the molecule is CC1c2ccccc2-c2ccccc21.c1ccc2c(c1)Cc1ccccc1-2. The molecular weight excluding hydrogens is 324 g/mol. The predicted molar refractivity (Wildman–Crippen MR) is 114 cm³/mol. The molecule has 0 bridgehead atoms. The number of hydrogen-bond donors (Lipinski definition) is 0. The third-order valence-electron chi connectivity index (χ3n) is 5.85. The van der Waals surface area contributed by atoms with Crippen LogP contribution in [-0.2, 0) is 6.42 Å². The minimum absolute atomic E-state index is 0.558. The minimum atomic E-state index is 0.558. The van der Waals surface area contributed by atoms with Crippen LogP contribution in [0.1, 0.15) is 35.1 Å². The summed E-state index contributed by atoms with van der Waals surface area (Å²) in [6.07, 6.45) is 1.10. The molecule has 6 rings (SSSR count). The summed E-state index contributed by atoms with van der Waals surface area (Å²) in [6.45, 7) is 2.28. The summed E-state index contributed by atoms with van der Waals surface area (Å²) in [4.78, 5) is 0. The maximum Gasteiger partial charge on any atom is 0.00733 e. The molecule has 0 radical (unpaired) electrons. The highest BCUT2D eigenvalue weighted by molar-refractivity contribution is 5.78. The van der Waals surface area contributed by atoms with Crippen LogP contribution in [-0.4, -0.2) is 0 Å². The van der Waals surface area contributed by atoms with Crippen molar-refractivity contribution in [1.29, 1.82) is 0 Å². The van der Waals surface area contributed by atoms with Gasteiger partial charge in [0.1, 0.15) is 0 Å². The molecule has 0 saturated carbocycles. The van der Waals surface area contributed by atoms with Gasteiger partial charge in [-0.3, -0.25) is 0 Å². The Morgan fingerprint density at radius 2 is 0.852 bits per heavy atom. The Hall–Kier alpha value is -3.12. The van der Waals surface area contributed by atoms with Crippen LogP contribution >= 0.6 is 0 Å². The summed E-state index contributed by atoms with van der Waals surface area (Å²) >= 11 is 0. The first-order valence-corrected chi connectivity index (χ1v) is 9.67. The number of hydrogen-bond acceptors (Lipinski definition) is 0. The van der Waals surface area contributed by atoms with Crippen LogP contribution < -0.4 is 0 Å². The standard InChI is InChI=1S/C14H12.C13H10/c1-10-11-6-2-4-8-13(11)14-9-5-3-7-12(10)14;1-3-7-12-10(5-1)9-11-6-2-4-8-13(11)12/h2-10H,1H3;1-8H,9H2. The summed E-state index contributed by atoms with van der Waals surface area (Å²) in [5.41, 5.74) is 11.5. The van der Waals surface area contributed by atoms with Crippen molar-refractivity contribution in [2.45, 2.75) is 19.3 Å². The van der Waals surface area contributed by atoms with E-state index in [1.54, 1.807) is 0 Å². The highest BCUT2D eigenvalue weighted by atomic mass is 14.3. The smallest absolute Gasteiger partial charge is 0.00733 e. The number of rotatable bonds is 0. The monoisotopic (exact) mass is 346 g/mol. The first kappa shape index (κ1) is 16.1. The molecule has 0 amide bonds. The van der Waals surface area contributed by atoms with Crippen LogP contribution in [0, 0.1) is 0 Å². The van der Waals surface area contributed by atoms with Crippen molar-refractivity contribution in [2.75, 3.05) is 0 Å². The lowest BCUT2D eigenvalue weighted by molar-refractivity contribution is 0.957. The molecule has 0 spiro atoms. The van der Waals surface area contributed by atoms with Crippen LogP contribution in [0.3, 0.4) is 0 Å². The molecule has 0 heteroatoms. The molecule has 2 aliphatic carbocycles. The van der Waals surface area contributed by atoms with E-state index in [2.05, 4.69) is 104 Å². The van der Waals surface area contributed by atoms with Crippen LogP contribution in [0.15, 0.2) is 97.1 Å². The van der Waals surface area contributed by atoms with Crippen LogP contribution in [0.5, 0.6) is 0 Å². The Bertz CT molecular complexity index is 1030. The van der Waals surface area contributed by atoms with Gasteiger partial charge in [-0.2, -0.15) is 0 Å². The molecule has 2 aliphatic rings. The largest absolute Gasteiger partial charge is 0.0619 e.